The summed E-state index contributed by atoms with van der Waals surface area (Å²) in [5, 5.41) is 3.50. The van der Waals surface area contributed by atoms with E-state index in [9.17, 15) is 18.0 Å². The number of nitrogens with zero attached hydrogens (tertiary/aromatic N) is 2. The summed E-state index contributed by atoms with van der Waals surface area (Å²) >= 11 is 6.35. The summed E-state index contributed by atoms with van der Waals surface area (Å²) in [5.41, 5.74) is 2.42. The molecule has 12 heteroatoms. The number of amides is 2. The predicted octanol–water partition coefficient (Wildman–Crippen LogP) is 4.70. The summed E-state index contributed by atoms with van der Waals surface area (Å²) in [7, 11) is -2.11. The van der Waals surface area contributed by atoms with E-state index < -0.39 is 22.0 Å². The first kappa shape index (κ1) is 34.9. The van der Waals surface area contributed by atoms with Crippen molar-refractivity contribution in [2.45, 2.75) is 30.4 Å². The van der Waals surface area contributed by atoms with E-state index >= 15 is 0 Å². The van der Waals surface area contributed by atoms with Gasteiger partial charge in [0.15, 0.2) is 6.61 Å². The maximum atomic E-state index is 14.0. The van der Waals surface area contributed by atoms with Crippen LogP contribution in [-0.2, 0) is 43.9 Å². The van der Waals surface area contributed by atoms with Crippen molar-refractivity contribution in [3.8, 4) is 11.5 Å². The third kappa shape index (κ3) is 9.13. The van der Waals surface area contributed by atoms with Crippen LogP contribution in [0, 0.1) is 0 Å². The zero-order valence-electron chi connectivity index (χ0n) is 26.6. The van der Waals surface area contributed by atoms with Gasteiger partial charge in [0.05, 0.1) is 25.2 Å². The second-order valence-electron chi connectivity index (χ2n) is 11.2. The smallest absolute Gasteiger partial charge is 0.261 e. The maximum Gasteiger partial charge on any atom is 0.261 e. The van der Waals surface area contributed by atoms with Gasteiger partial charge in [-0.05, 0) is 59.2 Å². The van der Waals surface area contributed by atoms with Crippen molar-refractivity contribution in [1.29, 1.82) is 0 Å². The quantitative estimate of drug-likeness (QED) is 0.204. The Morgan fingerprint density at radius 2 is 1.52 bits per heavy atom. The minimum absolute atomic E-state index is 0.125. The molecule has 1 saturated heterocycles. The molecule has 1 atom stereocenters. The third-order valence-electron chi connectivity index (χ3n) is 7.99. The van der Waals surface area contributed by atoms with E-state index in [2.05, 4.69) is 5.32 Å². The minimum Gasteiger partial charge on any atom is -0.497 e. The molecule has 4 aromatic carbocycles. The highest BCUT2D eigenvalue weighted by Crippen LogP contribution is 2.22. The van der Waals surface area contributed by atoms with Crippen LogP contribution in [0.5, 0.6) is 11.5 Å². The number of benzene rings is 4. The fraction of sp³-hybridized carbons (Fsp3) is 0.278. The Bertz CT molecular complexity index is 1770. The Morgan fingerprint density at radius 1 is 0.875 bits per heavy atom. The molecule has 5 rings (SSSR count). The highest BCUT2D eigenvalue weighted by molar-refractivity contribution is 7.89. The number of halogens is 1. The molecule has 4 aromatic rings. The second kappa shape index (κ2) is 16.6. The normalized spacial score (nSPS) is 14.1. The number of carbonyl (C=O) groups is 2. The molecule has 1 aliphatic heterocycles. The van der Waals surface area contributed by atoms with Gasteiger partial charge in [0.2, 0.25) is 15.9 Å². The van der Waals surface area contributed by atoms with Crippen LogP contribution in [0.4, 0.5) is 0 Å². The number of ether oxygens (including phenoxy) is 3. The Balaban J connectivity index is 1.37. The largest absolute Gasteiger partial charge is 0.497 e. The Morgan fingerprint density at radius 3 is 2.19 bits per heavy atom. The molecule has 1 N–H and O–H groups in total. The molecule has 252 valence electrons. The minimum atomic E-state index is -3.68. The van der Waals surface area contributed by atoms with E-state index in [4.69, 9.17) is 25.8 Å². The molecule has 1 aliphatic rings. The van der Waals surface area contributed by atoms with Crippen LogP contribution in [0.25, 0.3) is 0 Å². The van der Waals surface area contributed by atoms with Gasteiger partial charge in [-0.1, -0.05) is 72.3 Å². The zero-order chi connectivity index (χ0) is 33.9. The van der Waals surface area contributed by atoms with Gasteiger partial charge >= 0.3 is 0 Å². The maximum absolute atomic E-state index is 14.0. The van der Waals surface area contributed by atoms with Crippen molar-refractivity contribution in [3.05, 3.63) is 125 Å². The molecule has 1 fully saturated rings. The molecular weight excluding hydrogens is 654 g/mol. The van der Waals surface area contributed by atoms with Crippen molar-refractivity contribution in [3.63, 3.8) is 0 Å². The number of methoxy groups -OCH3 is 1. The second-order valence-corrected chi connectivity index (χ2v) is 13.5. The first-order valence-electron chi connectivity index (χ1n) is 15.5. The summed E-state index contributed by atoms with van der Waals surface area (Å²) in [6.45, 7) is 1.20. The topological polar surface area (TPSA) is 114 Å². The fourth-order valence-electron chi connectivity index (χ4n) is 5.30. The van der Waals surface area contributed by atoms with Crippen LogP contribution >= 0.6 is 11.6 Å². The lowest BCUT2D eigenvalue weighted by molar-refractivity contribution is -0.142. The molecule has 0 aromatic heterocycles. The lowest BCUT2D eigenvalue weighted by Crippen LogP contribution is -2.51. The standard InChI is InChI=1S/C36H38ClN3O7S/c1-45-30-13-11-28(12-14-30)25-40(34(23-27-7-3-2-4-8-27)36(42)38-24-29-9-5-6-10-33(29)37)35(41)26-47-31-15-17-32(18-16-31)48(43,44)39-19-21-46-22-20-39/h2-18,34H,19-26H2,1H3,(H,38,42). The van der Waals surface area contributed by atoms with Crippen molar-refractivity contribution in [1.82, 2.24) is 14.5 Å². The van der Waals surface area contributed by atoms with Gasteiger partial charge in [-0.25, -0.2) is 8.42 Å². The number of nitrogens with one attached hydrogen (secondary N) is 1. The highest BCUT2D eigenvalue weighted by Gasteiger charge is 2.31. The van der Waals surface area contributed by atoms with E-state index in [1.807, 2.05) is 60.7 Å². The SMILES string of the molecule is COc1ccc(CN(C(=O)COc2ccc(S(=O)(=O)N3CCOCC3)cc2)C(Cc2ccccc2)C(=O)NCc2ccccc2Cl)cc1. The van der Waals surface area contributed by atoms with E-state index in [0.717, 1.165) is 16.7 Å². The van der Waals surface area contributed by atoms with Gasteiger partial charge in [-0.3, -0.25) is 9.59 Å². The van der Waals surface area contributed by atoms with Gasteiger partial charge in [-0.15, -0.1) is 0 Å². The number of sulfonamides is 1. The van der Waals surface area contributed by atoms with E-state index in [0.29, 0.717) is 29.7 Å². The lowest BCUT2D eigenvalue weighted by Gasteiger charge is -2.31. The average molecular weight is 692 g/mol. The number of morpholine rings is 1. The molecule has 0 radical (unpaired) electrons. The van der Waals surface area contributed by atoms with E-state index in [-0.39, 0.29) is 50.0 Å². The molecule has 2 amide bonds. The summed E-state index contributed by atoms with van der Waals surface area (Å²) < 4.78 is 43.9. The molecule has 48 heavy (non-hydrogen) atoms. The molecule has 1 heterocycles. The molecule has 0 bridgehead atoms. The van der Waals surface area contributed by atoms with E-state index in [1.165, 1.54) is 33.5 Å². The van der Waals surface area contributed by atoms with Gasteiger partial charge < -0.3 is 24.4 Å². The predicted molar refractivity (Wildman–Crippen MR) is 182 cm³/mol. The van der Waals surface area contributed by atoms with Crippen LogP contribution in [0.2, 0.25) is 5.02 Å². The van der Waals surface area contributed by atoms with Crippen molar-refractivity contribution >= 4 is 33.4 Å². The Labute approximate surface area is 286 Å². The molecular formula is C36H38ClN3O7S. The van der Waals surface area contributed by atoms with Gasteiger partial charge in [0.25, 0.3) is 5.91 Å². The van der Waals surface area contributed by atoms with Crippen LogP contribution in [0.15, 0.2) is 108 Å². The average Bonchev–Trinajstić information content (AvgIpc) is 3.12. The molecule has 0 aliphatic carbocycles. The monoisotopic (exact) mass is 691 g/mol. The Hall–Kier alpha value is -4.42. The van der Waals surface area contributed by atoms with Crippen molar-refractivity contribution < 1.29 is 32.2 Å². The number of rotatable bonds is 14. The lowest BCUT2D eigenvalue weighted by atomic mass is 10.0. The third-order valence-corrected chi connectivity index (χ3v) is 10.3. The van der Waals surface area contributed by atoms with E-state index in [1.54, 1.807) is 25.3 Å². The summed E-state index contributed by atoms with van der Waals surface area (Å²) in [6, 6.07) is 29.1. The summed E-state index contributed by atoms with van der Waals surface area (Å²) in [6.07, 6.45) is 0.255. The van der Waals surface area contributed by atoms with Gasteiger partial charge in [0, 0.05) is 37.6 Å². The van der Waals surface area contributed by atoms with Crippen LogP contribution in [0.3, 0.4) is 0 Å². The Kier molecular flexibility index (Phi) is 12.1. The summed E-state index contributed by atoms with van der Waals surface area (Å²) in [5.74, 6) is 0.205. The van der Waals surface area contributed by atoms with Gasteiger partial charge in [0.1, 0.15) is 17.5 Å². The van der Waals surface area contributed by atoms with Crippen LogP contribution < -0.4 is 14.8 Å². The van der Waals surface area contributed by atoms with Gasteiger partial charge in [-0.2, -0.15) is 4.31 Å². The highest BCUT2D eigenvalue weighted by atomic mass is 35.5. The first-order chi connectivity index (χ1) is 23.2. The summed E-state index contributed by atoms with van der Waals surface area (Å²) in [4.78, 5) is 29.6. The molecule has 0 spiro atoms. The fourth-order valence-corrected chi connectivity index (χ4v) is 6.91. The molecule has 10 nitrogen and oxygen atoms in total. The zero-order valence-corrected chi connectivity index (χ0v) is 28.2. The van der Waals surface area contributed by atoms with Crippen LogP contribution in [0.1, 0.15) is 16.7 Å². The number of hydrogen-bond acceptors (Lipinski definition) is 7. The molecule has 0 saturated carbocycles. The van der Waals surface area contributed by atoms with Crippen molar-refractivity contribution in [2.24, 2.45) is 0 Å². The first-order valence-corrected chi connectivity index (χ1v) is 17.3. The van der Waals surface area contributed by atoms with Crippen LogP contribution in [-0.4, -0.2) is 75.5 Å². The van der Waals surface area contributed by atoms with Crippen molar-refractivity contribution in [2.75, 3.05) is 40.0 Å². The molecule has 1 unspecified atom stereocenters. The number of carbonyl (C=O) groups excluding carboxylic acids is 2. The number of hydrogen-bond donors (Lipinski definition) is 1.